The lowest BCUT2D eigenvalue weighted by Gasteiger charge is -2.48. The number of carbonyl (C=O) groups is 1. The van der Waals surface area contributed by atoms with Gasteiger partial charge in [0.05, 0.1) is 0 Å². The number of nitrogens with zero attached hydrogens (tertiary/aromatic N) is 2. The zero-order chi connectivity index (χ0) is 13.2. The highest BCUT2D eigenvalue weighted by atomic mass is 79.9. The van der Waals surface area contributed by atoms with Gasteiger partial charge in [0, 0.05) is 12.2 Å². The first-order valence-electron chi connectivity index (χ1n) is 6.17. The molecule has 1 aromatic heterocycles. The summed E-state index contributed by atoms with van der Waals surface area (Å²) in [5.74, 6) is -0.196. The van der Waals surface area contributed by atoms with Crippen LogP contribution in [0.25, 0.3) is 0 Å². The third kappa shape index (κ3) is 2.57. The van der Waals surface area contributed by atoms with Gasteiger partial charge in [0.25, 0.3) is 0 Å². The van der Waals surface area contributed by atoms with Crippen LogP contribution in [0.1, 0.15) is 25.0 Å². The molecule has 0 bridgehead atoms. The molecule has 18 heavy (non-hydrogen) atoms. The van der Waals surface area contributed by atoms with E-state index in [9.17, 15) is 4.79 Å². The Morgan fingerprint density at radius 1 is 1.61 bits per heavy atom. The van der Waals surface area contributed by atoms with Crippen LogP contribution in [0, 0.1) is 0 Å². The molecule has 0 radical (unpaired) electrons. The number of hydrogen-bond donors (Lipinski definition) is 1. The van der Waals surface area contributed by atoms with Crippen molar-refractivity contribution in [2.75, 3.05) is 13.6 Å². The van der Waals surface area contributed by atoms with Crippen LogP contribution < -0.4 is 5.73 Å². The van der Waals surface area contributed by atoms with E-state index < -0.39 is 5.54 Å². The van der Waals surface area contributed by atoms with Crippen molar-refractivity contribution in [3.8, 4) is 0 Å². The van der Waals surface area contributed by atoms with E-state index in [0.29, 0.717) is 0 Å². The lowest BCUT2D eigenvalue weighted by Crippen LogP contribution is -2.65. The Kier molecular flexibility index (Phi) is 4.02. The largest absolute Gasteiger partial charge is 0.368 e. The molecule has 2 N–H and O–H groups in total. The molecule has 1 fully saturated rings. The summed E-state index contributed by atoms with van der Waals surface area (Å²) in [4.78, 5) is 18.0. The van der Waals surface area contributed by atoms with E-state index in [1.54, 1.807) is 0 Å². The standard InChI is InChI=1S/C13H18BrN3O/c1-17-9-8-13(17,12(15)18)7-3-5-10-4-2-6-11(14)16-10/h2,4,6H,3,5,7-9H2,1H3,(H2,15,18)/t13-/m1/s1. The van der Waals surface area contributed by atoms with E-state index in [-0.39, 0.29) is 5.91 Å². The van der Waals surface area contributed by atoms with Gasteiger partial charge in [0.2, 0.25) is 5.91 Å². The number of aryl methyl sites for hydroxylation is 1. The van der Waals surface area contributed by atoms with E-state index in [4.69, 9.17) is 5.73 Å². The van der Waals surface area contributed by atoms with Crippen molar-refractivity contribution >= 4 is 21.8 Å². The van der Waals surface area contributed by atoms with E-state index >= 15 is 0 Å². The smallest absolute Gasteiger partial charge is 0.237 e. The highest BCUT2D eigenvalue weighted by Crippen LogP contribution is 2.33. The van der Waals surface area contributed by atoms with Crippen LogP contribution >= 0.6 is 15.9 Å². The molecule has 4 nitrogen and oxygen atoms in total. The predicted octanol–water partition coefficient (Wildman–Crippen LogP) is 1.73. The average Bonchev–Trinajstić information content (AvgIpc) is 2.32. The van der Waals surface area contributed by atoms with E-state index in [2.05, 4.69) is 25.8 Å². The maximum absolute atomic E-state index is 11.6. The summed E-state index contributed by atoms with van der Waals surface area (Å²) in [5.41, 5.74) is 6.16. The number of carbonyl (C=O) groups excluding carboxylic acids is 1. The number of primary amides is 1. The first-order valence-corrected chi connectivity index (χ1v) is 6.96. The summed E-state index contributed by atoms with van der Waals surface area (Å²) in [6, 6.07) is 5.89. The highest BCUT2D eigenvalue weighted by Gasteiger charge is 2.46. The minimum atomic E-state index is -0.411. The van der Waals surface area contributed by atoms with Crippen molar-refractivity contribution in [1.29, 1.82) is 0 Å². The van der Waals surface area contributed by atoms with Crippen LogP contribution in [0.15, 0.2) is 22.8 Å². The SMILES string of the molecule is CN1CC[C@]1(CCCc1cccc(Br)n1)C(N)=O. The Morgan fingerprint density at radius 3 is 2.89 bits per heavy atom. The van der Waals surface area contributed by atoms with Gasteiger partial charge in [-0.15, -0.1) is 0 Å². The predicted molar refractivity (Wildman–Crippen MR) is 74.0 cm³/mol. The maximum atomic E-state index is 11.6. The molecule has 1 atom stereocenters. The summed E-state index contributed by atoms with van der Waals surface area (Å²) >= 11 is 3.36. The second-order valence-electron chi connectivity index (χ2n) is 4.87. The first-order chi connectivity index (χ1) is 8.54. The number of rotatable bonds is 5. The van der Waals surface area contributed by atoms with Crippen LogP contribution in [-0.2, 0) is 11.2 Å². The van der Waals surface area contributed by atoms with Gasteiger partial charge in [0.15, 0.2) is 0 Å². The number of hydrogen-bond acceptors (Lipinski definition) is 3. The summed E-state index contributed by atoms with van der Waals surface area (Å²) < 4.78 is 0.852. The lowest BCUT2D eigenvalue weighted by molar-refractivity contribution is -0.138. The van der Waals surface area contributed by atoms with E-state index in [1.807, 2.05) is 25.2 Å². The van der Waals surface area contributed by atoms with Gasteiger partial charge >= 0.3 is 0 Å². The zero-order valence-corrected chi connectivity index (χ0v) is 12.1. The van der Waals surface area contributed by atoms with E-state index in [0.717, 1.165) is 42.5 Å². The topological polar surface area (TPSA) is 59.2 Å². The fourth-order valence-electron chi connectivity index (χ4n) is 2.51. The summed E-state index contributed by atoms with van der Waals surface area (Å²) in [5, 5.41) is 0. The summed E-state index contributed by atoms with van der Waals surface area (Å²) in [7, 11) is 1.96. The molecular weight excluding hydrogens is 294 g/mol. The maximum Gasteiger partial charge on any atom is 0.237 e. The molecule has 1 saturated heterocycles. The monoisotopic (exact) mass is 311 g/mol. The van der Waals surface area contributed by atoms with Gasteiger partial charge in [-0.25, -0.2) is 4.98 Å². The average molecular weight is 312 g/mol. The quantitative estimate of drug-likeness (QED) is 0.842. The van der Waals surface area contributed by atoms with Gasteiger partial charge in [-0.2, -0.15) is 0 Å². The molecule has 0 unspecified atom stereocenters. The van der Waals surface area contributed by atoms with Gasteiger partial charge < -0.3 is 5.73 Å². The molecule has 1 aliphatic rings. The number of likely N-dealkylation sites (N-methyl/N-ethyl adjacent to an activating group) is 1. The van der Waals surface area contributed by atoms with Gasteiger partial charge in [-0.05, 0) is 60.8 Å². The molecule has 5 heteroatoms. The number of amides is 1. The van der Waals surface area contributed by atoms with Crippen molar-refractivity contribution in [3.05, 3.63) is 28.5 Å². The van der Waals surface area contributed by atoms with Crippen LogP contribution in [0.3, 0.4) is 0 Å². The number of likely N-dealkylation sites (tertiary alicyclic amines) is 1. The fourth-order valence-corrected chi connectivity index (χ4v) is 2.89. The van der Waals surface area contributed by atoms with Crippen molar-refractivity contribution in [3.63, 3.8) is 0 Å². The van der Waals surface area contributed by atoms with Crippen molar-refractivity contribution < 1.29 is 4.79 Å². The molecule has 1 amide bonds. The van der Waals surface area contributed by atoms with Crippen LogP contribution in [0.2, 0.25) is 0 Å². The lowest BCUT2D eigenvalue weighted by atomic mass is 9.80. The third-order valence-corrected chi connectivity index (χ3v) is 4.29. The summed E-state index contributed by atoms with van der Waals surface area (Å²) in [6.45, 7) is 0.956. The number of aromatic nitrogens is 1. The van der Waals surface area contributed by atoms with Crippen LogP contribution in [0.5, 0.6) is 0 Å². The first kappa shape index (κ1) is 13.5. The fraction of sp³-hybridized carbons (Fsp3) is 0.538. The number of nitrogens with two attached hydrogens (primary N) is 1. The molecule has 2 heterocycles. The molecule has 0 aliphatic carbocycles. The van der Waals surface area contributed by atoms with Crippen LogP contribution in [0.4, 0.5) is 0 Å². The molecule has 0 aromatic carbocycles. The van der Waals surface area contributed by atoms with E-state index in [1.165, 1.54) is 0 Å². The Hall–Kier alpha value is -0.940. The molecule has 0 spiro atoms. The molecular formula is C13H18BrN3O. The third-order valence-electron chi connectivity index (χ3n) is 3.85. The Balaban J connectivity index is 1.90. The van der Waals surface area contributed by atoms with Gasteiger partial charge in [-0.3, -0.25) is 9.69 Å². The minimum absolute atomic E-state index is 0.196. The normalized spacial score (nSPS) is 23.7. The van der Waals surface area contributed by atoms with Crippen LogP contribution in [-0.4, -0.2) is 34.9 Å². The zero-order valence-electron chi connectivity index (χ0n) is 10.5. The Bertz CT molecular complexity index is 452. The minimum Gasteiger partial charge on any atom is -0.368 e. The molecule has 98 valence electrons. The van der Waals surface area contributed by atoms with Crippen molar-refractivity contribution in [1.82, 2.24) is 9.88 Å². The van der Waals surface area contributed by atoms with Gasteiger partial charge in [0.1, 0.15) is 10.1 Å². The summed E-state index contributed by atoms with van der Waals surface area (Å²) in [6.07, 6.45) is 3.50. The Morgan fingerprint density at radius 2 is 2.39 bits per heavy atom. The molecule has 2 rings (SSSR count). The van der Waals surface area contributed by atoms with Crippen molar-refractivity contribution in [2.45, 2.75) is 31.2 Å². The molecule has 1 aliphatic heterocycles. The second kappa shape index (κ2) is 5.36. The highest BCUT2D eigenvalue weighted by molar-refractivity contribution is 9.10. The molecule has 1 aromatic rings. The van der Waals surface area contributed by atoms with Gasteiger partial charge in [-0.1, -0.05) is 6.07 Å². The molecule has 0 saturated carbocycles. The number of pyridine rings is 1. The Labute approximate surface area is 116 Å². The number of halogens is 1. The van der Waals surface area contributed by atoms with Crippen molar-refractivity contribution in [2.24, 2.45) is 5.73 Å². The second-order valence-corrected chi connectivity index (χ2v) is 5.69.